The van der Waals surface area contributed by atoms with E-state index in [1.807, 2.05) is 63.2 Å². The van der Waals surface area contributed by atoms with Crippen molar-refractivity contribution >= 4 is 34.3 Å². The number of carbonyl (C=O) groups excluding carboxylic acids is 3. The fraction of sp³-hybridized carbons (Fsp3) is 0.379. The number of hydrogen-bond acceptors (Lipinski definition) is 4. The largest absolute Gasteiger partial charge is 0.496 e. The zero-order valence-electron chi connectivity index (χ0n) is 21.9. The van der Waals surface area contributed by atoms with Gasteiger partial charge in [-0.25, -0.2) is 0 Å². The number of carbonyl (C=O) groups is 3. The number of nitrogens with one attached hydrogen (secondary N) is 3. The first-order valence-electron chi connectivity index (χ1n) is 12.8. The molecule has 1 aromatic heterocycles. The molecule has 2 aliphatic heterocycles. The van der Waals surface area contributed by atoms with Crippen LogP contribution in [0.2, 0.25) is 0 Å². The Morgan fingerprint density at radius 2 is 2.00 bits per heavy atom. The highest BCUT2D eigenvalue weighted by molar-refractivity contribution is 6.08. The zero-order valence-corrected chi connectivity index (χ0v) is 21.9. The second-order valence-electron chi connectivity index (χ2n) is 10.5. The van der Waals surface area contributed by atoms with Gasteiger partial charge in [0.2, 0.25) is 5.91 Å². The number of rotatable bonds is 6. The Labute approximate surface area is 221 Å². The Morgan fingerprint density at radius 3 is 2.71 bits per heavy atom. The van der Waals surface area contributed by atoms with Gasteiger partial charge in [-0.2, -0.15) is 0 Å². The van der Waals surface area contributed by atoms with Gasteiger partial charge >= 0.3 is 6.17 Å². The van der Waals surface area contributed by atoms with E-state index < -0.39 is 29.6 Å². The Kier molecular flexibility index (Phi) is 6.35. The molecule has 0 bridgehead atoms. The van der Waals surface area contributed by atoms with Gasteiger partial charge in [0.15, 0.2) is 0 Å². The number of nitrogens with zero attached hydrogens (tertiary/aromatic N) is 2. The molecule has 38 heavy (non-hydrogen) atoms. The number of hydrogen-bond donors (Lipinski definition) is 3. The first-order valence-corrected chi connectivity index (χ1v) is 12.8. The maximum Gasteiger partial charge on any atom is 0.351 e. The summed E-state index contributed by atoms with van der Waals surface area (Å²) in [6.07, 6.45) is -0.0355. The van der Waals surface area contributed by atoms with Gasteiger partial charge in [-0.05, 0) is 49.1 Å². The van der Waals surface area contributed by atoms with Gasteiger partial charge in [-0.3, -0.25) is 19.3 Å². The van der Waals surface area contributed by atoms with Crippen LogP contribution in [0.25, 0.3) is 15.7 Å². The smallest absolute Gasteiger partial charge is 0.351 e. The van der Waals surface area contributed by atoms with Crippen molar-refractivity contribution in [2.24, 2.45) is 5.92 Å². The van der Waals surface area contributed by atoms with Crippen LogP contribution in [0.15, 0.2) is 48.5 Å². The van der Waals surface area contributed by atoms with Crippen LogP contribution >= 0.6 is 0 Å². The molecule has 3 heterocycles. The fourth-order valence-electron chi connectivity index (χ4n) is 6.01. The minimum atomic E-state index is -0.972. The van der Waals surface area contributed by atoms with Crippen LogP contribution in [0.3, 0.4) is 0 Å². The normalized spacial score (nSPS) is 22.8. The molecule has 196 valence electrons. The molecule has 0 aliphatic carbocycles. The van der Waals surface area contributed by atoms with Crippen molar-refractivity contribution < 1.29 is 19.1 Å². The molecule has 4 atom stereocenters. The van der Waals surface area contributed by atoms with Crippen LogP contribution in [0.5, 0.6) is 5.75 Å². The van der Waals surface area contributed by atoms with Gasteiger partial charge in [-0.15, -0.1) is 0 Å². The van der Waals surface area contributed by atoms with Crippen molar-refractivity contribution in [3.8, 4) is 12.3 Å². The number of likely N-dealkylation sites (tertiary alicyclic amines) is 1. The first-order chi connectivity index (χ1) is 18.2. The van der Waals surface area contributed by atoms with E-state index in [0.717, 1.165) is 22.2 Å². The van der Waals surface area contributed by atoms with Gasteiger partial charge in [0.1, 0.15) is 22.9 Å². The van der Waals surface area contributed by atoms with Crippen molar-refractivity contribution in [1.82, 2.24) is 15.2 Å². The Hall–Kier alpha value is -4.32. The third-order valence-corrected chi connectivity index (χ3v) is 7.84. The van der Waals surface area contributed by atoms with Crippen molar-refractivity contribution in [2.75, 3.05) is 12.4 Å². The molecule has 3 amide bonds. The topological polar surface area (TPSA) is 108 Å². The van der Waals surface area contributed by atoms with Crippen molar-refractivity contribution in [3.63, 3.8) is 0 Å². The lowest BCUT2D eigenvalue weighted by molar-refractivity contribution is -0.136. The lowest BCUT2D eigenvalue weighted by atomic mass is 9.75. The zero-order chi connectivity index (χ0) is 27.2. The van der Waals surface area contributed by atoms with Crippen LogP contribution in [-0.4, -0.2) is 53.0 Å². The molecule has 1 saturated heterocycles. The third-order valence-electron chi connectivity index (χ3n) is 7.84. The molecule has 1 unspecified atom stereocenters. The van der Waals surface area contributed by atoms with E-state index in [1.54, 1.807) is 18.1 Å². The Bertz CT molecular complexity index is 1470. The molecule has 3 aromatic rings. The molecule has 9 nitrogen and oxygen atoms in total. The molecule has 5 rings (SSSR count). The van der Waals surface area contributed by atoms with E-state index in [4.69, 9.17) is 11.3 Å². The van der Waals surface area contributed by atoms with Crippen molar-refractivity contribution in [3.05, 3.63) is 64.6 Å². The van der Waals surface area contributed by atoms with Crippen LogP contribution in [-0.2, 0) is 15.0 Å². The summed E-state index contributed by atoms with van der Waals surface area (Å²) in [5.74, 6) is -0.142. The van der Waals surface area contributed by atoms with E-state index in [1.165, 1.54) is 0 Å². The highest BCUT2D eigenvalue weighted by Crippen LogP contribution is 2.50. The number of aromatic amines is 1. The lowest BCUT2D eigenvalue weighted by Crippen LogP contribution is -2.54. The van der Waals surface area contributed by atoms with Crippen LogP contribution in [0.1, 0.15) is 49.7 Å². The SMILES string of the molecule is C#[N+][C@@H]1C[C@]2(C(=O)Nc3ccccc32)C(C)N1C(=O)[C@H](CC(C)C)NC(=O)c1cc2c(OC)cccc2[nH]1. The number of H-pyrrole nitrogens is 1. The number of methoxy groups -OCH3 is 1. The molecule has 2 aromatic carbocycles. The predicted molar refractivity (Wildman–Crippen MR) is 145 cm³/mol. The van der Waals surface area contributed by atoms with Crippen molar-refractivity contribution in [1.29, 1.82) is 0 Å². The molecule has 9 heteroatoms. The van der Waals surface area contributed by atoms with Gasteiger partial charge in [0, 0.05) is 16.6 Å². The summed E-state index contributed by atoms with van der Waals surface area (Å²) in [6.45, 7) is 11.6. The summed E-state index contributed by atoms with van der Waals surface area (Å²) in [5.41, 5.74) is 1.67. The first kappa shape index (κ1) is 25.3. The highest BCUT2D eigenvalue weighted by Gasteiger charge is 2.64. The molecular formula is C29H32N5O4+. The molecule has 3 N–H and O–H groups in total. The average molecular weight is 515 g/mol. The molecular weight excluding hydrogens is 482 g/mol. The van der Waals surface area contributed by atoms with E-state index in [0.29, 0.717) is 17.9 Å². The fourth-order valence-corrected chi connectivity index (χ4v) is 6.01. The number of amides is 3. The predicted octanol–water partition coefficient (Wildman–Crippen LogP) is 4.12. The van der Waals surface area contributed by atoms with Gasteiger partial charge in [0.05, 0.1) is 19.6 Å². The van der Waals surface area contributed by atoms with Gasteiger partial charge in [0.25, 0.3) is 18.4 Å². The summed E-state index contributed by atoms with van der Waals surface area (Å²) in [7, 11) is 1.57. The molecule has 0 radical (unpaired) electrons. The lowest BCUT2D eigenvalue weighted by Gasteiger charge is -2.32. The number of para-hydroxylation sites is 1. The number of fused-ring (bicyclic) bond motifs is 3. The van der Waals surface area contributed by atoms with E-state index >= 15 is 0 Å². The molecule has 1 spiro atoms. The van der Waals surface area contributed by atoms with Crippen LogP contribution in [0.4, 0.5) is 5.69 Å². The summed E-state index contributed by atoms with van der Waals surface area (Å²) < 4.78 is 5.41. The highest BCUT2D eigenvalue weighted by atomic mass is 16.5. The quantitative estimate of drug-likeness (QED) is 0.460. The minimum absolute atomic E-state index is 0.114. The van der Waals surface area contributed by atoms with Gasteiger partial charge < -0.3 is 20.4 Å². The maximum absolute atomic E-state index is 14.1. The van der Waals surface area contributed by atoms with Crippen molar-refractivity contribution in [2.45, 2.75) is 57.3 Å². The maximum atomic E-state index is 14.1. The summed E-state index contributed by atoms with van der Waals surface area (Å²) in [5, 5.41) is 6.66. The number of anilines is 1. The molecule has 2 aliphatic rings. The monoisotopic (exact) mass is 514 g/mol. The van der Waals surface area contributed by atoms with Crippen LogP contribution < -0.4 is 15.4 Å². The number of benzene rings is 2. The van der Waals surface area contributed by atoms with Gasteiger partial charge in [-0.1, -0.05) is 43.0 Å². The minimum Gasteiger partial charge on any atom is -0.496 e. The van der Waals surface area contributed by atoms with E-state index in [-0.39, 0.29) is 24.2 Å². The van der Waals surface area contributed by atoms with E-state index in [2.05, 4.69) is 20.5 Å². The molecule has 0 saturated carbocycles. The second kappa shape index (κ2) is 9.53. The molecule has 1 fully saturated rings. The van der Waals surface area contributed by atoms with E-state index in [9.17, 15) is 14.4 Å². The Balaban J connectivity index is 1.46. The number of ether oxygens (including phenoxy) is 1. The van der Waals surface area contributed by atoms with Crippen LogP contribution in [0, 0.1) is 12.5 Å². The summed E-state index contributed by atoms with van der Waals surface area (Å²) in [4.78, 5) is 49.5. The Morgan fingerprint density at radius 1 is 1.24 bits per heavy atom. The standard InChI is InChI=1S/C29H31N5O4/c1-16(2)13-23(32-26(35)22-14-18-20(31-22)11-8-12-24(18)38-5)27(36)34-17(3)29(15-25(34)30-4)19-9-6-7-10-21(19)33-28(29)37/h4,6-12,14,16-17,23,25H,13,15H2,1-3,5H3,(H2-,31,32,33,35,37)/p+1/t17?,23-,25-,29-/m0/s1. The summed E-state index contributed by atoms with van der Waals surface area (Å²) >= 11 is 0. The average Bonchev–Trinajstić information content (AvgIpc) is 3.55. The summed E-state index contributed by atoms with van der Waals surface area (Å²) in [6, 6.07) is 13.4. The number of aromatic nitrogens is 1. The third kappa shape index (κ3) is 3.88. The second-order valence-corrected chi connectivity index (χ2v) is 10.5.